The van der Waals surface area contributed by atoms with Gasteiger partial charge in [-0.25, -0.2) is 8.42 Å². The van der Waals surface area contributed by atoms with E-state index < -0.39 is 11.0 Å². The van der Waals surface area contributed by atoms with E-state index in [0.717, 1.165) is 0 Å². The van der Waals surface area contributed by atoms with Crippen LogP contribution in [0.5, 0.6) is 0 Å². The van der Waals surface area contributed by atoms with Crippen LogP contribution in [-0.4, -0.2) is 20.9 Å². The lowest BCUT2D eigenvalue weighted by Crippen LogP contribution is -1.91. The van der Waals surface area contributed by atoms with Crippen LogP contribution in [0.3, 0.4) is 0 Å². The Balaban J connectivity index is 2.98. The van der Waals surface area contributed by atoms with E-state index in [0.29, 0.717) is 0 Å². The Hall–Kier alpha value is 0.200. The molecule has 0 radical (unpaired) electrons. The standard InChI is InChI=1S/C2H5ClO3S/c3-1-2-6-7(4)5/h7H,1-2H2. The molecule has 0 aliphatic rings. The second kappa shape index (κ2) is 4.36. The van der Waals surface area contributed by atoms with Crippen LogP contribution >= 0.6 is 11.6 Å². The molecule has 0 unspecified atom stereocenters. The van der Waals surface area contributed by atoms with Gasteiger partial charge in [-0.05, 0) is 0 Å². The van der Waals surface area contributed by atoms with Crippen molar-refractivity contribution in [3.8, 4) is 0 Å². The third-order valence-corrected chi connectivity index (χ3v) is 0.822. The minimum Gasteiger partial charge on any atom is -0.271 e. The van der Waals surface area contributed by atoms with Crippen LogP contribution in [-0.2, 0) is 15.2 Å². The summed E-state index contributed by atoms with van der Waals surface area (Å²) in [5.74, 6) is 0.212. The van der Waals surface area contributed by atoms with Gasteiger partial charge >= 0.3 is 0 Å². The van der Waals surface area contributed by atoms with Crippen molar-refractivity contribution in [1.29, 1.82) is 0 Å². The average molecular weight is 145 g/mol. The summed E-state index contributed by atoms with van der Waals surface area (Å²) in [5, 5.41) is 0. The molecule has 0 aromatic heterocycles. The highest BCUT2D eigenvalue weighted by molar-refractivity contribution is 7.67. The lowest BCUT2D eigenvalue weighted by Gasteiger charge is -1.83. The number of thiol groups is 1. The predicted molar refractivity (Wildman–Crippen MR) is 27.0 cm³/mol. The van der Waals surface area contributed by atoms with Crippen molar-refractivity contribution in [1.82, 2.24) is 0 Å². The van der Waals surface area contributed by atoms with Crippen molar-refractivity contribution in [2.24, 2.45) is 0 Å². The lowest BCUT2D eigenvalue weighted by atomic mass is 10.9. The Morgan fingerprint density at radius 3 is 2.29 bits per heavy atom. The quantitative estimate of drug-likeness (QED) is 0.440. The Bertz CT molecular complexity index is 91.1. The third kappa shape index (κ3) is 6.20. The molecule has 0 fully saturated rings. The first-order valence-electron chi connectivity index (χ1n) is 1.60. The van der Waals surface area contributed by atoms with E-state index in [2.05, 4.69) is 4.18 Å². The third-order valence-electron chi connectivity index (χ3n) is 0.274. The van der Waals surface area contributed by atoms with Gasteiger partial charge in [-0.15, -0.1) is 11.6 Å². The molecule has 5 heteroatoms. The summed E-state index contributed by atoms with van der Waals surface area (Å²) in [5.41, 5.74) is 0. The Kier molecular flexibility index (Phi) is 4.49. The first-order valence-corrected chi connectivity index (χ1v) is 3.23. The first-order chi connectivity index (χ1) is 3.27. The van der Waals surface area contributed by atoms with Crippen molar-refractivity contribution in [3.05, 3.63) is 0 Å². The maximum atomic E-state index is 9.51. The molecule has 0 saturated heterocycles. The molecule has 0 bridgehead atoms. The van der Waals surface area contributed by atoms with Gasteiger partial charge in [0.05, 0.1) is 6.61 Å². The van der Waals surface area contributed by atoms with E-state index in [1.807, 2.05) is 0 Å². The highest BCUT2D eigenvalue weighted by atomic mass is 35.5. The van der Waals surface area contributed by atoms with Crippen LogP contribution in [0.15, 0.2) is 0 Å². The maximum absolute atomic E-state index is 9.51. The molecule has 44 valence electrons. The van der Waals surface area contributed by atoms with E-state index in [1.54, 1.807) is 0 Å². The fourth-order valence-electron chi connectivity index (χ4n) is 0.109. The molecule has 0 heterocycles. The van der Waals surface area contributed by atoms with Crippen LogP contribution in [0.1, 0.15) is 0 Å². The topological polar surface area (TPSA) is 43.4 Å². The SMILES string of the molecule is O=[SH](=O)OCCCl. The molecule has 0 aromatic carbocycles. The van der Waals surface area contributed by atoms with Gasteiger partial charge in [0.1, 0.15) is 0 Å². The zero-order valence-electron chi connectivity index (χ0n) is 3.46. The van der Waals surface area contributed by atoms with Gasteiger partial charge in [-0.2, -0.15) is 0 Å². The van der Waals surface area contributed by atoms with Gasteiger partial charge < -0.3 is 0 Å². The average Bonchev–Trinajstić information content (AvgIpc) is 1.61. The normalized spacial score (nSPS) is 10.0. The second-order valence-corrected chi connectivity index (χ2v) is 1.83. The fourth-order valence-corrected chi connectivity index (χ4v) is 0.534. The van der Waals surface area contributed by atoms with Gasteiger partial charge in [-0.3, -0.25) is 4.18 Å². The molecular weight excluding hydrogens is 140 g/mol. The minimum absolute atomic E-state index is 0.0697. The molecule has 0 aliphatic heterocycles. The van der Waals surface area contributed by atoms with Crippen molar-refractivity contribution in [2.45, 2.75) is 0 Å². The summed E-state index contributed by atoms with van der Waals surface area (Å²) < 4.78 is 23.0. The van der Waals surface area contributed by atoms with Crippen molar-refractivity contribution < 1.29 is 12.6 Å². The molecule has 0 saturated carbocycles. The van der Waals surface area contributed by atoms with Crippen LogP contribution in [0, 0.1) is 0 Å². The van der Waals surface area contributed by atoms with Crippen LogP contribution in [0.4, 0.5) is 0 Å². The van der Waals surface area contributed by atoms with E-state index in [1.165, 1.54) is 0 Å². The molecule has 0 N–H and O–H groups in total. The fraction of sp³-hybridized carbons (Fsp3) is 1.00. The summed E-state index contributed by atoms with van der Waals surface area (Å²) in [6.45, 7) is 0.0697. The molecule has 0 atom stereocenters. The van der Waals surface area contributed by atoms with Crippen LogP contribution < -0.4 is 0 Å². The van der Waals surface area contributed by atoms with Crippen molar-refractivity contribution in [2.75, 3.05) is 12.5 Å². The molecule has 0 aromatic rings. The maximum Gasteiger partial charge on any atom is 0.257 e. The molecule has 3 nitrogen and oxygen atoms in total. The number of halogens is 1. The zero-order chi connectivity index (χ0) is 5.70. The molecular formula is C2H5ClO3S. The molecule has 0 amide bonds. The van der Waals surface area contributed by atoms with Crippen molar-refractivity contribution >= 4 is 22.6 Å². The van der Waals surface area contributed by atoms with Crippen molar-refractivity contribution in [3.63, 3.8) is 0 Å². The smallest absolute Gasteiger partial charge is 0.257 e. The summed E-state index contributed by atoms with van der Waals surface area (Å²) in [7, 11) is -2.69. The Morgan fingerprint density at radius 2 is 2.14 bits per heavy atom. The van der Waals surface area contributed by atoms with Gasteiger partial charge in [0, 0.05) is 5.88 Å². The van der Waals surface area contributed by atoms with E-state index >= 15 is 0 Å². The first kappa shape index (κ1) is 7.20. The highest BCUT2D eigenvalue weighted by Gasteiger charge is 1.80. The Morgan fingerprint density at radius 1 is 1.57 bits per heavy atom. The highest BCUT2D eigenvalue weighted by Crippen LogP contribution is 1.75. The van der Waals surface area contributed by atoms with Gasteiger partial charge in [0.25, 0.3) is 11.0 Å². The van der Waals surface area contributed by atoms with Gasteiger partial charge in [0.2, 0.25) is 0 Å². The van der Waals surface area contributed by atoms with E-state index in [4.69, 9.17) is 11.6 Å². The van der Waals surface area contributed by atoms with E-state index in [9.17, 15) is 8.42 Å². The summed E-state index contributed by atoms with van der Waals surface area (Å²) in [4.78, 5) is 0. The lowest BCUT2D eigenvalue weighted by molar-refractivity contribution is 0.357. The molecule has 7 heavy (non-hydrogen) atoms. The second-order valence-electron chi connectivity index (χ2n) is 0.746. The van der Waals surface area contributed by atoms with E-state index in [-0.39, 0.29) is 12.5 Å². The molecule has 0 aliphatic carbocycles. The largest absolute Gasteiger partial charge is 0.271 e. The Labute approximate surface area is 48.4 Å². The molecule has 0 spiro atoms. The predicted octanol–water partition coefficient (Wildman–Crippen LogP) is -0.232. The summed E-state index contributed by atoms with van der Waals surface area (Å²) in [6, 6.07) is 0. The summed E-state index contributed by atoms with van der Waals surface area (Å²) >= 11 is 5.05. The minimum atomic E-state index is -2.69. The summed E-state index contributed by atoms with van der Waals surface area (Å²) in [6.07, 6.45) is 0. The monoisotopic (exact) mass is 144 g/mol. The van der Waals surface area contributed by atoms with Gasteiger partial charge in [-0.1, -0.05) is 0 Å². The van der Waals surface area contributed by atoms with Crippen LogP contribution in [0.25, 0.3) is 0 Å². The number of alkyl halides is 1. The van der Waals surface area contributed by atoms with Crippen LogP contribution in [0.2, 0.25) is 0 Å². The number of rotatable bonds is 3. The number of hydrogen-bond donors (Lipinski definition) is 1. The van der Waals surface area contributed by atoms with Gasteiger partial charge in [0.15, 0.2) is 0 Å². The number of hydrogen-bond acceptors (Lipinski definition) is 3. The zero-order valence-corrected chi connectivity index (χ0v) is 5.11. The molecule has 0 rings (SSSR count).